The fourth-order valence-corrected chi connectivity index (χ4v) is 2.86. The van der Waals surface area contributed by atoms with Crippen LogP contribution < -0.4 is 4.74 Å². The summed E-state index contributed by atoms with van der Waals surface area (Å²) < 4.78 is 5.87. The molecule has 0 amide bonds. The van der Waals surface area contributed by atoms with Crippen molar-refractivity contribution in [2.45, 2.75) is 50.7 Å². The van der Waals surface area contributed by atoms with Crippen molar-refractivity contribution >= 4 is 6.08 Å². The highest BCUT2D eigenvalue weighted by molar-refractivity contribution is 5.45. The van der Waals surface area contributed by atoms with Crippen LogP contribution in [0.15, 0.2) is 23.2 Å². The minimum absolute atomic E-state index is 0.277. The SMILES string of the molecule is CC1CCc2ccc(C3(N=C=O)CCC3)cc2O1. The van der Waals surface area contributed by atoms with Crippen LogP contribution in [0.1, 0.15) is 43.7 Å². The molecule has 3 nitrogen and oxygen atoms in total. The van der Waals surface area contributed by atoms with Gasteiger partial charge in [-0.1, -0.05) is 12.1 Å². The van der Waals surface area contributed by atoms with Crippen LogP contribution in [0.2, 0.25) is 0 Å². The first-order valence-corrected chi connectivity index (χ1v) is 6.63. The quantitative estimate of drug-likeness (QED) is 0.591. The second kappa shape index (κ2) is 4.25. The number of nitrogens with zero attached hydrogens (tertiary/aromatic N) is 1. The van der Waals surface area contributed by atoms with E-state index in [0.717, 1.165) is 43.4 Å². The average molecular weight is 243 g/mol. The second-order valence-corrected chi connectivity index (χ2v) is 5.38. The molecule has 0 bridgehead atoms. The molecule has 3 heteroatoms. The highest BCUT2D eigenvalue weighted by atomic mass is 16.5. The lowest BCUT2D eigenvalue weighted by atomic mass is 9.72. The van der Waals surface area contributed by atoms with Crippen LogP contribution in [-0.2, 0) is 16.8 Å². The molecular formula is C15H17NO2. The van der Waals surface area contributed by atoms with Crippen molar-refractivity contribution in [1.82, 2.24) is 0 Å². The molecule has 1 saturated carbocycles. The first-order valence-electron chi connectivity index (χ1n) is 6.63. The lowest BCUT2D eigenvalue weighted by molar-refractivity contribution is 0.190. The molecule has 0 spiro atoms. The highest BCUT2D eigenvalue weighted by Gasteiger charge is 2.39. The molecule has 0 saturated heterocycles. The van der Waals surface area contributed by atoms with Gasteiger partial charge in [0.25, 0.3) is 0 Å². The number of ether oxygens (including phenoxy) is 1. The van der Waals surface area contributed by atoms with Gasteiger partial charge in [-0.3, -0.25) is 0 Å². The zero-order valence-corrected chi connectivity index (χ0v) is 10.6. The summed E-state index contributed by atoms with van der Waals surface area (Å²) in [6.45, 7) is 2.10. The third-order valence-electron chi connectivity index (χ3n) is 4.19. The largest absolute Gasteiger partial charge is 0.490 e. The average Bonchev–Trinajstić information content (AvgIpc) is 2.33. The van der Waals surface area contributed by atoms with E-state index in [0.29, 0.717) is 0 Å². The fraction of sp³-hybridized carbons (Fsp3) is 0.533. The first-order chi connectivity index (χ1) is 8.73. The van der Waals surface area contributed by atoms with E-state index in [-0.39, 0.29) is 11.6 Å². The van der Waals surface area contributed by atoms with Crippen LogP contribution in [0.3, 0.4) is 0 Å². The predicted molar refractivity (Wildman–Crippen MR) is 68.5 cm³/mol. The maximum atomic E-state index is 10.6. The number of hydrogen-bond donors (Lipinski definition) is 0. The zero-order chi connectivity index (χ0) is 12.6. The summed E-state index contributed by atoms with van der Waals surface area (Å²) in [5, 5.41) is 0. The van der Waals surface area contributed by atoms with E-state index in [9.17, 15) is 4.79 Å². The van der Waals surface area contributed by atoms with Crippen molar-refractivity contribution in [2.24, 2.45) is 4.99 Å². The Kier molecular flexibility index (Phi) is 2.71. The van der Waals surface area contributed by atoms with E-state index in [2.05, 4.69) is 30.1 Å². The number of benzene rings is 1. The molecule has 94 valence electrons. The maximum absolute atomic E-state index is 10.6. The fourth-order valence-electron chi connectivity index (χ4n) is 2.86. The standard InChI is InChI=1S/C15H17NO2/c1-11-3-4-12-5-6-13(9-14(12)18-11)15(16-10-17)7-2-8-15/h5-6,9,11H,2-4,7-8H2,1H3. The van der Waals surface area contributed by atoms with Crippen molar-refractivity contribution < 1.29 is 9.53 Å². The van der Waals surface area contributed by atoms with Crippen molar-refractivity contribution in [2.75, 3.05) is 0 Å². The molecule has 1 aliphatic carbocycles. The number of hydrogen-bond acceptors (Lipinski definition) is 3. The number of isocyanates is 1. The molecule has 3 rings (SSSR count). The van der Waals surface area contributed by atoms with Gasteiger partial charge >= 0.3 is 0 Å². The lowest BCUT2D eigenvalue weighted by Crippen LogP contribution is -2.32. The molecule has 1 atom stereocenters. The molecule has 2 aliphatic rings. The molecule has 1 aromatic rings. The van der Waals surface area contributed by atoms with Crippen LogP contribution in [0.5, 0.6) is 5.75 Å². The van der Waals surface area contributed by atoms with Gasteiger partial charge in [-0.2, -0.15) is 4.99 Å². The lowest BCUT2D eigenvalue weighted by Gasteiger charge is -2.37. The molecule has 1 aliphatic heterocycles. The summed E-state index contributed by atoms with van der Waals surface area (Å²) >= 11 is 0. The molecule has 1 aromatic carbocycles. The van der Waals surface area contributed by atoms with Gasteiger partial charge in [0.2, 0.25) is 6.08 Å². The number of fused-ring (bicyclic) bond motifs is 1. The Morgan fingerprint density at radius 3 is 2.94 bits per heavy atom. The van der Waals surface area contributed by atoms with Gasteiger partial charge in [-0.05, 0) is 56.2 Å². The summed E-state index contributed by atoms with van der Waals surface area (Å²) in [6, 6.07) is 6.29. The number of aryl methyl sites for hydroxylation is 1. The van der Waals surface area contributed by atoms with Gasteiger partial charge in [-0.25, -0.2) is 4.79 Å². The van der Waals surface area contributed by atoms with Crippen molar-refractivity contribution in [3.8, 4) is 5.75 Å². The van der Waals surface area contributed by atoms with Crippen molar-refractivity contribution in [1.29, 1.82) is 0 Å². The molecular weight excluding hydrogens is 226 g/mol. The Morgan fingerprint density at radius 1 is 1.44 bits per heavy atom. The van der Waals surface area contributed by atoms with Crippen LogP contribution in [0, 0.1) is 0 Å². The molecule has 1 unspecified atom stereocenters. The minimum atomic E-state index is -0.319. The van der Waals surface area contributed by atoms with Gasteiger partial charge in [0.05, 0.1) is 11.6 Å². The van der Waals surface area contributed by atoms with Gasteiger partial charge < -0.3 is 4.74 Å². The Hall–Kier alpha value is -1.60. The normalized spacial score (nSPS) is 24.2. The molecule has 0 N–H and O–H groups in total. The monoisotopic (exact) mass is 243 g/mol. The van der Waals surface area contributed by atoms with E-state index in [1.54, 1.807) is 6.08 Å². The van der Waals surface area contributed by atoms with Crippen LogP contribution in [0.25, 0.3) is 0 Å². The number of carbonyl (C=O) groups excluding carboxylic acids is 1. The third-order valence-corrected chi connectivity index (χ3v) is 4.19. The van der Waals surface area contributed by atoms with Gasteiger partial charge in [0, 0.05) is 0 Å². The van der Waals surface area contributed by atoms with E-state index in [1.165, 1.54) is 5.56 Å². The van der Waals surface area contributed by atoms with Crippen LogP contribution in [0.4, 0.5) is 0 Å². The molecule has 0 radical (unpaired) electrons. The Balaban J connectivity index is 1.99. The van der Waals surface area contributed by atoms with Crippen molar-refractivity contribution in [3.05, 3.63) is 29.3 Å². The molecule has 1 fully saturated rings. The minimum Gasteiger partial charge on any atom is -0.490 e. The second-order valence-electron chi connectivity index (χ2n) is 5.38. The Morgan fingerprint density at radius 2 is 2.28 bits per heavy atom. The predicted octanol–water partition coefficient (Wildman–Crippen LogP) is 3.12. The van der Waals surface area contributed by atoms with Crippen molar-refractivity contribution in [3.63, 3.8) is 0 Å². The zero-order valence-electron chi connectivity index (χ0n) is 10.6. The summed E-state index contributed by atoms with van der Waals surface area (Å²) in [5.74, 6) is 0.971. The van der Waals surface area contributed by atoms with E-state index in [1.807, 2.05) is 0 Å². The highest BCUT2D eigenvalue weighted by Crippen LogP contribution is 2.46. The summed E-state index contributed by atoms with van der Waals surface area (Å²) in [5.41, 5.74) is 2.05. The smallest absolute Gasteiger partial charge is 0.235 e. The number of rotatable bonds is 2. The maximum Gasteiger partial charge on any atom is 0.235 e. The van der Waals surface area contributed by atoms with Crippen LogP contribution >= 0.6 is 0 Å². The van der Waals surface area contributed by atoms with Gasteiger partial charge in [0.15, 0.2) is 0 Å². The summed E-state index contributed by atoms with van der Waals surface area (Å²) in [4.78, 5) is 14.6. The first kappa shape index (κ1) is 11.5. The van der Waals surface area contributed by atoms with Gasteiger partial charge in [-0.15, -0.1) is 0 Å². The van der Waals surface area contributed by atoms with Gasteiger partial charge in [0.1, 0.15) is 5.75 Å². The molecule has 0 aromatic heterocycles. The van der Waals surface area contributed by atoms with E-state index < -0.39 is 0 Å². The summed E-state index contributed by atoms with van der Waals surface area (Å²) in [7, 11) is 0. The summed E-state index contributed by atoms with van der Waals surface area (Å²) in [6.07, 6.45) is 7.16. The van der Waals surface area contributed by atoms with Crippen LogP contribution in [-0.4, -0.2) is 12.2 Å². The molecule has 18 heavy (non-hydrogen) atoms. The third kappa shape index (κ3) is 1.75. The van der Waals surface area contributed by atoms with E-state index >= 15 is 0 Å². The Bertz CT molecular complexity index is 513. The number of aliphatic imine (C=N–C) groups is 1. The molecule has 1 heterocycles. The topological polar surface area (TPSA) is 38.7 Å². The van der Waals surface area contributed by atoms with E-state index in [4.69, 9.17) is 4.74 Å². The Labute approximate surface area is 107 Å².